The first-order chi connectivity index (χ1) is 17.8. The molecule has 0 saturated carbocycles. The number of carbonyl (C=O) groups excluding carboxylic acids is 1. The molecule has 1 atom stereocenters. The van der Waals surface area contributed by atoms with Crippen LogP contribution in [0, 0.1) is 12.7 Å². The van der Waals surface area contributed by atoms with Gasteiger partial charge in [-0.15, -0.1) is 0 Å². The number of rotatable bonds is 6. The van der Waals surface area contributed by atoms with Crippen molar-refractivity contribution in [1.29, 1.82) is 0 Å². The minimum Gasteiger partial charge on any atom is -0.350 e. The van der Waals surface area contributed by atoms with E-state index in [2.05, 4.69) is 0 Å². The van der Waals surface area contributed by atoms with Crippen LogP contribution in [0.1, 0.15) is 22.6 Å². The van der Waals surface area contributed by atoms with Crippen LogP contribution in [0.4, 0.5) is 10.1 Å². The van der Waals surface area contributed by atoms with Gasteiger partial charge in [-0.25, -0.2) is 17.1 Å². The van der Waals surface area contributed by atoms with Crippen LogP contribution in [0.25, 0.3) is 10.9 Å². The van der Waals surface area contributed by atoms with Crippen molar-refractivity contribution in [3.05, 3.63) is 132 Å². The number of carbonyl (C=O) groups is 1. The Kier molecular flexibility index (Phi) is 6.39. The highest BCUT2D eigenvalue weighted by atomic mass is 32.2. The first-order valence-corrected chi connectivity index (χ1v) is 13.2. The number of benzene rings is 4. The molecule has 1 unspecified atom stereocenters. The van der Waals surface area contributed by atoms with Crippen molar-refractivity contribution in [3.63, 3.8) is 0 Å². The molecule has 5 rings (SSSR count). The molecule has 37 heavy (non-hydrogen) atoms. The second-order valence-electron chi connectivity index (χ2n) is 8.96. The van der Waals surface area contributed by atoms with E-state index in [9.17, 15) is 17.6 Å². The Morgan fingerprint density at radius 2 is 1.49 bits per heavy atom. The van der Waals surface area contributed by atoms with Crippen LogP contribution < -0.4 is 4.31 Å². The Morgan fingerprint density at radius 1 is 0.865 bits per heavy atom. The van der Waals surface area contributed by atoms with E-state index in [0.29, 0.717) is 16.5 Å². The average Bonchev–Trinajstić information content (AvgIpc) is 3.20. The molecule has 1 aromatic heterocycles. The van der Waals surface area contributed by atoms with Crippen LogP contribution in [-0.4, -0.2) is 18.9 Å². The highest BCUT2D eigenvalue weighted by Crippen LogP contribution is 2.37. The van der Waals surface area contributed by atoms with Crippen LogP contribution in [0.3, 0.4) is 0 Å². The molecule has 0 radical (unpaired) electrons. The number of halogens is 1. The summed E-state index contributed by atoms with van der Waals surface area (Å²) in [6.07, 6.45) is 1.77. The van der Waals surface area contributed by atoms with E-state index in [-0.39, 0.29) is 10.6 Å². The lowest BCUT2D eigenvalue weighted by atomic mass is 9.90. The Morgan fingerprint density at radius 3 is 2.14 bits per heavy atom. The highest BCUT2D eigenvalue weighted by molar-refractivity contribution is 7.93. The highest BCUT2D eigenvalue weighted by Gasteiger charge is 2.38. The summed E-state index contributed by atoms with van der Waals surface area (Å²) >= 11 is 0. The summed E-state index contributed by atoms with van der Waals surface area (Å²) in [6, 6.07) is 28.1. The number of nitrogens with zero attached hydrogens (tertiary/aromatic N) is 2. The second kappa shape index (κ2) is 9.67. The maximum Gasteiger partial charge on any atom is 0.270 e. The first-order valence-electron chi connectivity index (χ1n) is 11.8. The number of amides is 1. The topological polar surface area (TPSA) is 59.4 Å². The standard InChI is InChI=1S/C30H25FN2O3S/c1-21-13-16-25(17-14-21)37(35,36)33(24-11-7-4-8-12-24)30(34)29(22-9-5-3-6-10-22)27-20-32(2)28-18-15-23(31)19-26(27)28/h3-20,29H,1-2H3. The van der Waals surface area contributed by atoms with Crippen molar-refractivity contribution in [2.24, 2.45) is 7.05 Å². The first kappa shape index (κ1) is 24.5. The normalized spacial score (nSPS) is 12.4. The summed E-state index contributed by atoms with van der Waals surface area (Å²) in [5, 5.41) is 0.547. The molecular weight excluding hydrogens is 487 g/mol. The van der Waals surface area contributed by atoms with Gasteiger partial charge in [0.2, 0.25) is 0 Å². The van der Waals surface area contributed by atoms with E-state index in [4.69, 9.17) is 0 Å². The summed E-state index contributed by atoms with van der Waals surface area (Å²) in [5.74, 6) is -2.10. The molecule has 0 N–H and O–H groups in total. The number of fused-ring (bicyclic) bond motifs is 1. The van der Waals surface area contributed by atoms with Crippen LogP contribution in [0.2, 0.25) is 0 Å². The van der Waals surface area contributed by atoms with E-state index in [1.54, 1.807) is 79.0 Å². The van der Waals surface area contributed by atoms with Gasteiger partial charge < -0.3 is 4.57 Å². The van der Waals surface area contributed by atoms with Gasteiger partial charge in [-0.2, -0.15) is 0 Å². The van der Waals surface area contributed by atoms with Gasteiger partial charge in [0.05, 0.1) is 16.5 Å². The van der Waals surface area contributed by atoms with Gasteiger partial charge in [0.15, 0.2) is 0 Å². The largest absolute Gasteiger partial charge is 0.350 e. The fourth-order valence-corrected chi connectivity index (χ4v) is 6.04. The molecule has 1 amide bonds. The average molecular weight is 513 g/mol. The molecule has 0 saturated heterocycles. The Hall–Kier alpha value is -4.23. The molecule has 5 aromatic rings. The fraction of sp³-hybridized carbons (Fsp3) is 0.100. The summed E-state index contributed by atoms with van der Waals surface area (Å²) in [7, 11) is -2.47. The molecule has 5 nitrogen and oxygen atoms in total. The van der Waals surface area contributed by atoms with Crippen LogP contribution in [0.5, 0.6) is 0 Å². The lowest BCUT2D eigenvalue weighted by Gasteiger charge is -2.27. The molecule has 1 heterocycles. The number of hydrogen-bond acceptors (Lipinski definition) is 3. The van der Waals surface area contributed by atoms with E-state index in [1.165, 1.54) is 24.3 Å². The van der Waals surface area contributed by atoms with E-state index < -0.39 is 27.7 Å². The summed E-state index contributed by atoms with van der Waals surface area (Å²) < 4.78 is 45.1. The fourth-order valence-electron chi connectivity index (χ4n) is 4.61. The number of aromatic nitrogens is 1. The van der Waals surface area contributed by atoms with Gasteiger partial charge >= 0.3 is 0 Å². The molecule has 4 aromatic carbocycles. The molecule has 0 aliphatic heterocycles. The van der Waals surface area contributed by atoms with Gasteiger partial charge in [0.25, 0.3) is 15.9 Å². The monoisotopic (exact) mass is 512 g/mol. The van der Waals surface area contributed by atoms with Gasteiger partial charge in [-0.05, 0) is 60.5 Å². The molecule has 0 bridgehead atoms. The van der Waals surface area contributed by atoms with Gasteiger partial charge in [0, 0.05) is 24.1 Å². The number of aryl methyl sites for hydroxylation is 2. The van der Waals surface area contributed by atoms with Gasteiger partial charge in [-0.1, -0.05) is 66.2 Å². The SMILES string of the molecule is Cc1ccc(S(=O)(=O)N(C(=O)C(c2ccccc2)c2cn(C)c3ccc(F)cc23)c2ccccc2)cc1. The quantitative estimate of drug-likeness (QED) is 0.273. The van der Waals surface area contributed by atoms with Crippen LogP contribution in [-0.2, 0) is 21.9 Å². The second-order valence-corrected chi connectivity index (χ2v) is 10.7. The lowest BCUT2D eigenvalue weighted by molar-refractivity contribution is -0.118. The van der Waals surface area contributed by atoms with Crippen molar-refractivity contribution < 1.29 is 17.6 Å². The van der Waals surface area contributed by atoms with E-state index in [1.807, 2.05) is 24.6 Å². The zero-order chi connectivity index (χ0) is 26.2. The zero-order valence-electron chi connectivity index (χ0n) is 20.4. The van der Waals surface area contributed by atoms with E-state index >= 15 is 0 Å². The van der Waals surface area contributed by atoms with Gasteiger partial charge in [0.1, 0.15) is 5.82 Å². The Labute approximate surface area is 215 Å². The predicted molar refractivity (Wildman–Crippen MR) is 143 cm³/mol. The Balaban J connectivity index is 1.76. The van der Waals surface area contributed by atoms with Gasteiger partial charge in [-0.3, -0.25) is 4.79 Å². The molecular formula is C30H25FN2O3S. The maximum atomic E-state index is 14.5. The number of sulfonamides is 1. The van der Waals surface area contributed by atoms with Crippen molar-refractivity contribution in [2.75, 3.05) is 4.31 Å². The number of hydrogen-bond donors (Lipinski definition) is 0. The molecule has 0 aliphatic rings. The smallest absolute Gasteiger partial charge is 0.270 e. The predicted octanol–water partition coefficient (Wildman–Crippen LogP) is 6.18. The molecule has 7 heteroatoms. The molecule has 0 spiro atoms. The minimum absolute atomic E-state index is 0.00563. The number of anilines is 1. The summed E-state index contributed by atoms with van der Waals surface area (Å²) in [4.78, 5) is 14.5. The third-order valence-electron chi connectivity index (χ3n) is 6.42. The third kappa shape index (κ3) is 4.54. The molecule has 186 valence electrons. The third-order valence-corrected chi connectivity index (χ3v) is 8.16. The number of para-hydroxylation sites is 1. The lowest BCUT2D eigenvalue weighted by Crippen LogP contribution is -2.40. The minimum atomic E-state index is -4.28. The molecule has 0 fully saturated rings. The van der Waals surface area contributed by atoms with Crippen molar-refractivity contribution in [3.8, 4) is 0 Å². The zero-order valence-corrected chi connectivity index (χ0v) is 21.2. The van der Waals surface area contributed by atoms with Crippen LogP contribution in [0.15, 0.2) is 114 Å². The van der Waals surface area contributed by atoms with Crippen LogP contribution >= 0.6 is 0 Å². The summed E-state index contributed by atoms with van der Waals surface area (Å²) in [5.41, 5.74) is 2.98. The summed E-state index contributed by atoms with van der Waals surface area (Å²) in [6.45, 7) is 1.86. The van der Waals surface area contributed by atoms with Crippen molar-refractivity contribution in [2.45, 2.75) is 17.7 Å². The Bertz CT molecular complexity index is 1680. The molecule has 0 aliphatic carbocycles. The maximum absolute atomic E-state index is 14.5. The van der Waals surface area contributed by atoms with E-state index in [0.717, 1.165) is 15.4 Å². The van der Waals surface area contributed by atoms with Crippen molar-refractivity contribution in [1.82, 2.24) is 4.57 Å². The van der Waals surface area contributed by atoms with Crippen molar-refractivity contribution >= 4 is 32.5 Å².